The van der Waals surface area contributed by atoms with Crippen LogP contribution in [0.15, 0.2) is 35.6 Å². The lowest BCUT2D eigenvalue weighted by Gasteiger charge is -2.09. The molecular weight excluding hydrogens is 399 g/mol. The number of sulfonamides is 1. The highest BCUT2D eigenvalue weighted by atomic mass is 35.5. The predicted molar refractivity (Wildman–Crippen MR) is 98.9 cm³/mol. The average Bonchev–Trinajstić information content (AvgIpc) is 3.03. The third-order valence-electron chi connectivity index (χ3n) is 3.47. The van der Waals surface area contributed by atoms with Crippen LogP contribution in [-0.4, -0.2) is 40.7 Å². The molecule has 0 aliphatic rings. The number of imidazole rings is 1. The van der Waals surface area contributed by atoms with E-state index in [0.29, 0.717) is 28.2 Å². The maximum atomic E-state index is 13.3. The van der Waals surface area contributed by atoms with E-state index in [2.05, 4.69) is 30.1 Å². The van der Waals surface area contributed by atoms with Gasteiger partial charge in [-0.15, -0.1) is 0 Å². The number of rotatable bonds is 5. The fraction of sp³-hybridized carbons (Fsp3) is 0.133. The summed E-state index contributed by atoms with van der Waals surface area (Å²) in [6.07, 6.45) is 2.50. The number of pyridine rings is 1. The number of hydrogen-bond donors (Lipinski definition) is 4. The molecule has 0 saturated heterocycles. The predicted octanol–water partition coefficient (Wildman–Crippen LogP) is 2.05. The molecule has 2 heterocycles. The number of H-pyrrole nitrogens is 1. The van der Waals surface area contributed by atoms with Gasteiger partial charge in [0.05, 0.1) is 23.4 Å². The topological polar surface area (TPSA) is 132 Å². The monoisotopic (exact) mass is 412 g/mol. The van der Waals surface area contributed by atoms with E-state index < -0.39 is 15.8 Å². The van der Waals surface area contributed by atoms with Crippen molar-refractivity contribution in [2.75, 3.05) is 11.6 Å². The molecule has 0 aliphatic heterocycles. The fourth-order valence-corrected chi connectivity index (χ4v) is 2.87. The summed E-state index contributed by atoms with van der Waals surface area (Å²) < 4.78 is 38.1. The van der Waals surface area contributed by atoms with Gasteiger partial charge in [0, 0.05) is 11.9 Å². The average molecular weight is 413 g/mol. The van der Waals surface area contributed by atoms with E-state index in [9.17, 15) is 18.0 Å². The molecule has 3 rings (SSSR count). The first-order valence-electron chi connectivity index (χ1n) is 7.49. The minimum absolute atomic E-state index is 0.0270. The number of benzene rings is 1. The quantitative estimate of drug-likeness (QED) is 0.219. The summed E-state index contributed by atoms with van der Waals surface area (Å²) in [5.41, 5.74) is 1.52. The van der Waals surface area contributed by atoms with E-state index in [1.165, 1.54) is 24.4 Å². The van der Waals surface area contributed by atoms with E-state index in [-0.39, 0.29) is 17.4 Å². The zero-order chi connectivity index (χ0) is 19.6. The minimum Gasteiger partial charge on any atom is -0.409 e. The SMILES string of the molecule is CS(=O)(=O)NCc1nc2c(C(=NO)Nc3ccc(F)c(Cl)c3)ccnc2[nH]1. The van der Waals surface area contributed by atoms with Crippen LogP contribution in [-0.2, 0) is 16.6 Å². The number of aromatic nitrogens is 3. The molecule has 12 heteroatoms. The van der Waals surface area contributed by atoms with Gasteiger partial charge in [0.2, 0.25) is 10.0 Å². The van der Waals surface area contributed by atoms with E-state index in [0.717, 1.165) is 6.26 Å². The van der Waals surface area contributed by atoms with Crippen LogP contribution in [0.25, 0.3) is 11.2 Å². The van der Waals surface area contributed by atoms with Gasteiger partial charge >= 0.3 is 0 Å². The van der Waals surface area contributed by atoms with Gasteiger partial charge < -0.3 is 15.5 Å². The normalized spacial score (nSPS) is 12.5. The van der Waals surface area contributed by atoms with Gasteiger partial charge in [-0.05, 0) is 24.3 Å². The van der Waals surface area contributed by atoms with Gasteiger partial charge in [-0.3, -0.25) is 0 Å². The van der Waals surface area contributed by atoms with E-state index in [4.69, 9.17) is 11.6 Å². The number of amidine groups is 1. The van der Waals surface area contributed by atoms with Crippen LogP contribution in [0.5, 0.6) is 0 Å². The Hall–Kier alpha value is -2.76. The van der Waals surface area contributed by atoms with Crippen molar-refractivity contribution >= 4 is 44.3 Å². The van der Waals surface area contributed by atoms with E-state index >= 15 is 0 Å². The maximum absolute atomic E-state index is 13.3. The summed E-state index contributed by atoms with van der Waals surface area (Å²) >= 11 is 5.76. The van der Waals surface area contributed by atoms with E-state index in [1.54, 1.807) is 6.07 Å². The number of anilines is 1. The lowest BCUT2D eigenvalue weighted by Crippen LogP contribution is -2.21. The van der Waals surface area contributed by atoms with Gasteiger partial charge in [-0.2, -0.15) is 0 Å². The van der Waals surface area contributed by atoms with Crippen LogP contribution in [0.3, 0.4) is 0 Å². The summed E-state index contributed by atoms with van der Waals surface area (Å²) in [5.74, 6) is -0.219. The molecule has 0 fully saturated rings. The molecule has 142 valence electrons. The lowest BCUT2D eigenvalue weighted by molar-refractivity contribution is 0.319. The zero-order valence-electron chi connectivity index (χ0n) is 13.9. The van der Waals surface area contributed by atoms with Crippen LogP contribution in [0.4, 0.5) is 10.1 Å². The van der Waals surface area contributed by atoms with Gasteiger partial charge in [0.25, 0.3) is 0 Å². The first-order valence-corrected chi connectivity index (χ1v) is 9.76. The highest BCUT2D eigenvalue weighted by Crippen LogP contribution is 2.21. The first kappa shape index (κ1) is 19.0. The Labute approximate surface area is 158 Å². The van der Waals surface area contributed by atoms with Crippen LogP contribution < -0.4 is 10.0 Å². The molecule has 0 atom stereocenters. The Morgan fingerprint density at radius 1 is 1.41 bits per heavy atom. The second kappa shape index (κ2) is 7.47. The summed E-state index contributed by atoms with van der Waals surface area (Å²) in [4.78, 5) is 11.3. The Morgan fingerprint density at radius 2 is 2.19 bits per heavy atom. The van der Waals surface area contributed by atoms with Gasteiger partial charge in [0.1, 0.15) is 17.2 Å². The molecule has 0 saturated carbocycles. The molecule has 2 aromatic heterocycles. The second-order valence-corrected chi connectivity index (χ2v) is 7.78. The molecule has 0 radical (unpaired) electrons. The third kappa shape index (κ3) is 4.51. The van der Waals surface area contributed by atoms with Crippen molar-refractivity contribution in [1.29, 1.82) is 0 Å². The molecule has 0 unspecified atom stereocenters. The van der Waals surface area contributed by atoms with Crippen LogP contribution >= 0.6 is 11.6 Å². The molecule has 0 spiro atoms. The smallest absolute Gasteiger partial charge is 0.209 e. The zero-order valence-corrected chi connectivity index (χ0v) is 15.4. The summed E-state index contributed by atoms with van der Waals surface area (Å²) in [6.45, 7) is -0.0543. The molecule has 27 heavy (non-hydrogen) atoms. The highest BCUT2D eigenvalue weighted by Gasteiger charge is 2.15. The molecule has 0 aliphatic carbocycles. The molecular formula is C15H14ClFN6O3S. The molecule has 1 aromatic carbocycles. The van der Waals surface area contributed by atoms with Crippen LogP contribution in [0.1, 0.15) is 11.4 Å². The third-order valence-corrected chi connectivity index (χ3v) is 4.43. The minimum atomic E-state index is -3.39. The van der Waals surface area contributed by atoms with Crippen LogP contribution in [0.2, 0.25) is 5.02 Å². The number of aromatic amines is 1. The van der Waals surface area contributed by atoms with E-state index in [1.807, 2.05) is 0 Å². The number of halogens is 2. The van der Waals surface area contributed by atoms with Crippen molar-refractivity contribution in [3.05, 3.63) is 52.7 Å². The Kier molecular flexibility index (Phi) is 5.26. The van der Waals surface area contributed by atoms with Crippen molar-refractivity contribution < 1.29 is 18.0 Å². The van der Waals surface area contributed by atoms with Gasteiger partial charge in [-0.25, -0.2) is 27.5 Å². The van der Waals surface area contributed by atoms with Crippen molar-refractivity contribution in [3.63, 3.8) is 0 Å². The number of oxime groups is 1. The maximum Gasteiger partial charge on any atom is 0.209 e. The molecule has 0 amide bonds. The molecule has 9 nitrogen and oxygen atoms in total. The fourth-order valence-electron chi connectivity index (χ4n) is 2.29. The Morgan fingerprint density at radius 3 is 2.85 bits per heavy atom. The molecule has 3 aromatic rings. The number of nitrogens with zero attached hydrogens (tertiary/aromatic N) is 3. The summed E-state index contributed by atoms with van der Waals surface area (Å²) in [6, 6.07) is 5.50. The van der Waals surface area contributed by atoms with Crippen molar-refractivity contribution in [2.24, 2.45) is 5.16 Å². The number of fused-ring (bicyclic) bond motifs is 1. The lowest BCUT2D eigenvalue weighted by atomic mass is 10.2. The summed E-state index contributed by atoms with van der Waals surface area (Å²) in [5, 5.41) is 15.4. The van der Waals surface area contributed by atoms with Crippen LogP contribution in [0, 0.1) is 5.82 Å². The standard InChI is InChI=1S/C15H14ClFN6O3S/c1-27(25,26)19-7-12-21-13-9(4-5-18-15(13)22-12)14(23-24)20-8-2-3-11(17)10(16)6-8/h2-6,19,24H,7H2,1H3,(H,20,23)(H,18,21,22). The van der Waals surface area contributed by atoms with Gasteiger partial charge in [0.15, 0.2) is 11.5 Å². The largest absolute Gasteiger partial charge is 0.409 e. The number of hydrogen-bond acceptors (Lipinski definition) is 6. The van der Waals surface area contributed by atoms with Crippen molar-refractivity contribution in [3.8, 4) is 0 Å². The Balaban J connectivity index is 1.93. The first-order chi connectivity index (χ1) is 12.8. The highest BCUT2D eigenvalue weighted by molar-refractivity contribution is 7.88. The second-order valence-electron chi connectivity index (χ2n) is 5.53. The van der Waals surface area contributed by atoms with Crippen molar-refractivity contribution in [1.82, 2.24) is 19.7 Å². The molecule has 4 N–H and O–H groups in total. The Bertz CT molecular complexity index is 1130. The van der Waals surface area contributed by atoms with Crippen molar-refractivity contribution in [2.45, 2.75) is 6.54 Å². The molecule has 0 bridgehead atoms. The van der Waals surface area contributed by atoms with Gasteiger partial charge in [-0.1, -0.05) is 16.8 Å². The number of nitrogens with one attached hydrogen (secondary N) is 3. The summed E-state index contributed by atoms with van der Waals surface area (Å²) in [7, 11) is -3.39.